The lowest BCUT2D eigenvalue weighted by Gasteiger charge is -2.29. The van der Waals surface area contributed by atoms with Crippen LogP contribution in [0.25, 0.3) is 91.1 Å². The summed E-state index contributed by atoms with van der Waals surface area (Å²) in [5.74, 6) is 0. The zero-order valence-electron chi connectivity index (χ0n) is 30.9. The number of aromatic nitrogens is 1. The van der Waals surface area contributed by atoms with Crippen molar-refractivity contribution in [2.24, 2.45) is 0 Å². The Balaban J connectivity index is 1.19. The van der Waals surface area contributed by atoms with Crippen LogP contribution in [0.1, 0.15) is 0 Å². The highest BCUT2D eigenvalue weighted by Gasteiger charge is 2.24. The molecule has 12 aromatic rings. The highest BCUT2D eigenvalue weighted by molar-refractivity contribution is 7.26. The van der Waals surface area contributed by atoms with Crippen LogP contribution in [-0.4, -0.2) is 4.57 Å². The van der Waals surface area contributed by atoms with Gasteiger partial charge in [-0.15, -0.1) is 11.3 Å². The van der Waals surface area contributed by atoms with Gasteiger partial charge in [-0.1, -0.05) is 158 Å². The third kappa shape index (κ3) is 4.96. The average Bonchev–Trinajstić information content (AvgIpc) is 3.83. The predicted molar refractivity (Wildman–Crippen MR) is 246 cm³/mol. The Hall–Kier alpha value is -7.20. The quantitative estimate of drug-likeness (QED) is 0.170. The number of thiophene rings is 1. The van der Waals surface area contributed by atoms with E-state index in [1.165, 1.54) is 85.4 Å². The Morgan fingerprint density at radius 2 is 1.05 bits per heavy atom. The third-order valence-corrected chi connectivity index (χ3v) is 12.9. The van der Waals surface area contributed by atoms with E-state index in [1.54, 1.807) is 0 Å². The van der Waals surface area contributed by atoms with Crippen molar-refractivity contribution in [3.8, 4) is 16.8 Å². The van der Waals surface area contributed by atoms with Crippen molar-refractivity contribution in [2.75, 3.05) is 4.90 Å². The molecule has 0 unspecified atom stereocenters. The Bertz CT molecular complexity index is 3540. The zero-order chi connectivity index (χ0) is 37.5. The molecule has 0 N–H and O–H groups in total. The molecule has 0 bridgehead atoms. The van der Waals surface area contributed by atoms with Gasteiger partial charge in [-0.25, -0.2) is 0 Å². The number of rotatable bonds is 5. The summed E-state index contributed by atoms with van der Waals surface area (Å²) in [6, 6.07) is 75.8. The van der Waals surface area contributed by atoms with E-state index in [1.807, 2.05) is 11.3 Å². The van der Waals surface area contributed by atoms with E-state index < -0.39 is 0 Å². The van der Waals surface area contributed by atoms with Crippen molar-refractivity contribution in [1.29, 1.82) is 0 Å². The van der Waals surface area contributed by atoms with Crippen molar-refractivity contribution in [1.82, 2.24) is 4.57 Å². The van der Waals surface area contributed by atoms with E-state index in [9.17, 15) is 0 Å². The van der Waals surface area contributed by atoms with E-state index in [0.717, 1.165) is 22.7 Å². The largest absolute Gasteiger partial charge is 0.309 e. The second-order valence-electron chi connectivity index (χ2n) is 14.9. The second kappa shape index (κ2) is 12.7. The van der Waals surface area contributed by atoms with Crippen LogP contribution in [0.5, 0.6) is 0 Å². The van der Waals surface area contributed by atoms with Crippen molar-refractivity contribution in [2.45, 2.75) is 0 Å². The summed E-state index contributed by atoms with van der Waals surface area (Å²) in [4.78, 5) is 2.51. The fourth-order valence-corrected chi connectivity index (χ4v) is 10.4. The average molecular weight is 743 g/mol. The van der Waals surface area contributed by atoms with Gasteiger partial charge in [0.15, 0.2) is 0 Å². The summed E-state index contributed by atoms with van der Waals surface area (Å²) < 4.78 is 5.07. The van der Waals surface area contributed by atoms with Crippen LogP contribution in [0.3, 0.4) is 0 Å². The smallest absolute Gasteiger partial charge is 0.0562 e. The molecule has 2 nitrogen and oxygen atoms in total. The minimum atomic E-state index is 1.10. The van der Waals surface area contributed by atoms with Crippen LogP contribution in [0.4, 0.5) is 17.1 Å². The molecule has 0 atom stereocenters. The Kier molecular flexibility index (Phi) is 7.13. The highest BCUT2D eigenvalue weighted by atomic mass is 32.1. The molecule has 266 valence electrons. The van der Waals surface area contributed by atoms with Crippen molar-refractivity contribution in [3.63, 3.8) is 0 Å². The summed E-state index contributed by atoms with van der Waals surface area (Å²) in [6.07, 6.45) is 0. The van der Waals surface area contributed by atoms with Crippen LogP contribution in [-0.2, 0) is 0 Å². The van der Waals surface area contributed by atoms with Gasteiger partial charge in [0.25, 0.3) is 0 Å². The third-order valence-electron chi connectivity index (χ3n) is 11.7. The van der Waals surface area contributed by atoms with E-state index >= 15 is 0 Å². The Morgan fingerprint density at radius 3 is 1.93 bits per heavy atom. The van der Waals surface area contributed by atoms with Crippen molar-refractivity contribution >= 4 is 103 Å². The number of para-hydroxylation sites is 1. The second-order valence-corrected chi connectivity index (χ2v) is 15.9. The van der Waals surface area contributed by atoms with Gasteiger partial charge in [0, 0.05) is 47.9 Å². The summed E-state index contributed by atoms with van der Waals surface area (Å²) in [5.41, 5.74) is 9.29. The minimum absolute atomic E-state index is 1.10. The molecule has 0 saturated carbocycles. The van der Waals surface area contributed by atoms with Crippen LogP contribution in [0, 0.1) is 0 Å². The molecular weight excluding hydrogens is 709 g/mol. The number of fused-ring (bicyclic) bond motifs is 11. The normalized spacial score (nSPS) is 11.9. The van der Waals surface area contributed by atoms with E-state index in [0.29, 0.717) is 0 Å². The van der Waals surface area contributed by atoms with Crippen LogP contribution in [0.2, 0.25) is 0 Å². The SMILES string of the molecule is c1ccc(-c2ccccc2N(c2ccc3c4c5ccccc5ccc4n(-c4ccc5ccccc5c4)c3c2)c2cccc3sc4c5ccccc5ccc4c23)cc1. The molecule has 2 heterocycles. The van der Waals surface area contributed by atoms with Gasteiger partial charge in [-0.3, -0.25) is 0 Å². The lowest BCUT2D eigenvalue weighted by molar-refractivity contribution is 1.18. The Morgan fingerprint density at radius 1 is 0.386 bits per heavy atom. The van der Waals surface area contributed by atoms with Crippen molar-refractivity contribution < 1.29 is 0 Å². The highest BCUT2D eigenvalue weighted by Crippen LogP contribution is 2.49. The number of hydrogen-bond donors (Lipinski definition) is 0. The molecule has 0 fully saturated rings. The van der Waals surface area contributed by atoms with E-state index in [4.69, 9.17) is 0 Å². The minimum Gasteiger partial charge on any atom is -0.309 e. The van der Waals surface area contributed by atoms with Crippen molar-refractivity contribution in [3.05, 3.63) is 206 Å². The first-order chi connectivity index (χ1) is 28.3. The monoisotopic (exact) mass is 742 g/mol. The topological polar surface area (TPSA) is 8.17 Å². The first-order valence-electron chi connectivity index (χ1n) is 19.5. The maximum Gasteiger partial charge on any atom is 0.0562 e. The van der Waals surface area contributed by atoms with Gasteiger partial charge in [0.05, 0.1) is 22.4 Å². The molecule has 0 spiro atoms. The van der Waals surface area contributed by atoms with Gasteiger partial charge in [-0.2, -0.15) is 0 Å². The fraction of sp³-hybridized carbons (Fsp3) is 0. The van der Waals surface area contributed by atoms with Crippen LogP contribution < -0.4 is 4.90 Å². The number of benzene rings is 10. The maximum atomic E-state index is 2.51. The molecule has 10 aromatic carbocycles. The van der Waals surface area contributed by atoms with E-state index in [2.05, 4.69) is 216 Å². The molecule has 3 heteroatoms. The standard InChI is InChI=1S/C54H34N2S/c1-2-14-36(15-3-1)42-19-10-11-22-47(42)55(48-23-12-24-51-53(48)46-30-26-38-17-7-9-21-44(38)54(46)57-51)41-29-31-45-50(34-41)56(40-28-25-35-13-4-5-18-39(35)33-40)49-32-27-37-16-6-8-20-43(37)52(45)49/h1-34H. The molecule has 12 rings (SSSR count). The summed E-state index contributed by atoms with van der Waals surface area (Å²) in [5, 5.41) is 12.6. The first-order valence-corrected chi connectivity index (χ1v) is 20.3. The first kappa shape index (κ1) is 32.1. The van der Waals surface area contributed by atoms with Gasteiger partial charge in [0.1, 0.15) is 0 Å². The number of nitrogens with zero attached hydrogens (tertiary/aromatic N) is 2. The van der Waals surface area contributed by atoms with E-state index in [-0.39, 0.29) is 0 Å². The van der Waals surface area contributed by atoms with Crippen LogP contribution >= 0.6 is 11.3 Å². The lowest BCUT2D eigenvalue weighted by Crippen LogP contribution is -2.11. The van der Waals surface area contributed by atoms with Gasteiger partial charge in [0.2, 0.25) is 0 Å². The molecule has 0 aliphatic heterocycles. The van der Waals surface area contributed by atoms with Gasteiger partial charge in [-0.05, 0) is 86.4 Å². The molecule has 2 aromatic heterocycles. The lowest BCUT2D eigenvalue weighted by atomic mass is 10.00. The van der Waals surface area contributed by atoms with Gasteiger partial charge < -0.3 is 9.47 Å². The molecule has 0 saturated heterocycles. The maximum absolute atomic E-state index is 2.51. The fourth-order valence-electron chi connectivity index (χ4n) is 9.17. The number of anilines is 3. The molecule has 0 aliphatic carbocycles. The molecule has 0 aliphatic rings. The zero-order valence-corrected chi connectivity index (χ0v) is 31.7. The molecular formula is C54H34N2S. The number of hydrogen-bond acceptors (Lipinski definition) is 2. The van der Waals surface area contributed by atoms with Crippen LogP contribution in [0.15, 0.2) is 206 Å². The molecule has 0 amide bonds. The van der Waals surface area contributed by atoms with Gasteiger partial charge >= 0.3 is 0 Å². The predicted octanol–water partition coefficient (Wildman–Crippen LogP) is 15.7. The Labute approximate surface area is 333 Å². The summed E-state index contributed by atoms with van der Waals surface area (Å²) >= 11 is 1.89. The molecule has 0 radical (unpaired) electrons. The summed E-state index contributed by atoms with van der Waals surface area (Å²) in [7, 11) is 0. The summed E-state index contributed by atoms with van der Waals surface area (Å²) in [6.45, 7) is 0. The molecule has 57 heavy (non-hydrogen) atoms.